The average Bonchev–Trinajstić information content (AvgIpc) is 2.38. The van der Waals surface area contributed by atoms with Crippen LogP contribution in [0.3, 0.4) is 0 Å². The fourth-order valence-electron chi connectivity index (χ4n) is 0.774. The summed E-state index contributed by atoms with van der Waals surface area (Å²) >= 11 is -0.826. The second kappa shape index (κ2) is 7.58. The van der Waals surface area contributed by atoms with Gasteiger partial charge in [0.1, 0.15) is 0 Å². The molecule has 1 rings (SSSR count). The minimum absolute atomic E-state index is 0.685. The summed E-state index contributed by atoms with van der Waals surface area (Å²) < 4.78 is 0. The average molecular weight is 269 g/mol. The van der Waals surface area contributed by atoms with Crippen LogP contribution in [0.2, 0.25) is 0 Å². The van der Waals surface area contributed by atoms with Crippen molar-refractivity contribution >= 4 is 17.0 Å². The molecule has 1 radical (unpaired) electrons. The van der Waals surface area contributed by atoms with Crippen LogP contribution in [-0.2, 0) is 20.8 Å². The first kappa shape index (κ1) is 11.9. The summed E-state index contributed by atoms with van der Waals surface area (Å²) in [5.41, 5.74) is 1.44. The summed E-state index contributed by atoms with van der Waals surface area (Å²) in [6.07, 6.45) is 8.47. The Bertz CT molecular complexity index is 150. The van der Waals surface area contributed by atoms with Crippen molar-refractivity contribution in [3.63, 3.8) is 0 Å². The van der Waals surface area contributed by atoms with Crippen molar-refractivity contribution in [2.75, 3.05) is 0 Å². The number of halogens is 2. The van der Waals surface area contributed by atoms with Crippen LogP contribution in [0.4, 0.5) is 0 Å². The summed E-state index contributed by atoms with van der Waals surface area (Å²) in [5, 5.41) is 0. The number of allylic oxidation sites excluding steroid dienone is 4. The zero-order chi connectivity index (χ0) is 8.69. The fraction of sp³-hybridized carbons (Fsp3) is 0.375. The van der Waals surface area contributed by atoms with E-state index in [9.17, 15) is 0 Å². The van der Waals surface area contributed by atoms with Gasteiger partial charge in [-0.3, -0.25) is 0 Å². The second-order valence-corrected chi connectivity index (χ2v) is 6.18. The van der Waals surface area contributed by atoms with E-state index in [2.05, 4.69) is 38.5 Å². The first-order chi connectivity index (χ1) is 5.22. The third-order valence-corrected chi connectivity index (χ3v) is 1.36. The third kappa shape index (κ3) is 6.14. The van der Waals surface area contributed by atoms with Crippen molar-refractivity contribution in [3.8, 4) is 0 Å². The summed E-state index contributed by atoms with van der Waals surface area (Å²) in [6, 6.07) is 0. The Kier molecular flexibility index (Phi) is 8.24. The van der Waals surface area contributed by atoms with Crippen LogP contribution >= 0.6 is 17.0 Å². The molecule has 11 heavy (non-hydrogen) atoms. The Balaban J connectivity index is 0.000000292. The van der Waals surface area contributed by atoms with Crippen LogP contribution in [-0.4, -0.2) is 0 Å². The van der Waals surface area contributed by atoms with E-state index in [1.807, 2.05) is 0 Å². The van der Waals surface area contributed by atoms with Crippen molar-refractivity contribution < 1.29 is 20.8 Å². The Hall–Kier alpha value is 0.943. The minimum atomic E-state index is -0.826. The molecule has 0 N–H and O–H groups in total. The van der Waals surface area contributed by atoms with Gasteiger partial charge in [0.15, 0.2) is 0 Å². The molecule has 0 aromatic heterocycles. The van der Waals surface area contributed by atoms with Gasteiger partial charge in [-0.1, -0.05) is 32.1 Å². The van der Waals surface area contributed by atoms with Gasteiger partial charge < -0.3 is 0 Å². The van der Waals surface area contributed by atoms with Gasteiger partial charge in [0.25, 0.3) is 0 Å². The molecule has 0 unspecified atom stereocenters. The van der Waals surface area contributed by atoms with Crippen LogP contribution in [0.25, 0.3) is 0 Å². The Morgan fingerprint density at radius 1 is 1.36 bits per heavy atom. The van der Waals surface area contributed by atoms with E-state index in [0.717, 1.165) is 0 Å². The fourth-order valence-corrected chi connectivity index (χ4v) is 0.774. The maximum atomic E-state index is 4.93. The van der Waals surface area contributed by atoms with E-state index < -0.39 is 20.8 Å². The van der Waals surface area contributed by atoms with Gasteiger partial charge in [0, 0.05) is 6.42 Å². The number of hydrogen-bond acceptors (Lipinski definition) is 0. The molecule has 0 saturated heterocycles. The maximum absolute atomic E-state index is 4.93. The molecule has 0 fully saturated rings. The van der Waals surface area contributed by atoms with Crippen LogP contribution < -0.4 is 0 Å². The van der Waals surface area contributed by atoms with Crippen molar-refractivity contribution in [2.24, 2.45) is 5.92 Å². The first-order valence-electron chi connectivity index (χ1n) is 3.40. The topological polar surface area (TPSA) is 0 Å². The summed E-state index contributed by atoms with van der Waals surface area (Å²) in [7, 11) is 9.87. The van der Waals surface area contributed by atoms with E-state index >= 15 is 0 Å². The monoisotopic (exact) mass is 267 g/mol. The van der Waals surface area contributed by atoms with Crippen LogP contribution in [0.5, 0.6) is 0 Å². The Labute approximate surface area is 87.3 Å². The van der Waals surface area contributed by atoms with E-state index in [1.54, 1.807) is 0 Å². The first-order valence-corrected chi connectivity index (χ1v) is 9.73. The summed E-state index contributed by atoms with van der Waals surface area (Å²) in [6.45, 7) is 4.41. The zero-order valence-electron chi connectivity index (χ0n) is 6.64. The molecule has 0 aliphatic heterocycles. The Morgan fingerprint density at radius 2 is 1.91 bits per heavy atom. The molecule has 0 nitrogen and oxygen atoms in total. The number of hydrogen-bond donors (Lipinski definition) is 0. The van der Waals surface area contributed by atoms with E-state index in [4.69, 9.17) is 17.0 Å². The van der Waals surface area contributed by atoms with Crippen molar-refractivity contribution in [1.82, 2.24) is 0 Å². The molecular weight excluding hydrogens is 258 g/mol. The van der Waals surface area contributed by atoms with Gasteiger partial charge in [-0.25, -0.2) is 0 Å². The molecule has 0 spiro atoms. The molecule has 3 heteroatoms. The molecule has 0 bridgehead atoms. The molecule has 0 aromatic rings. The van der Waals surface area contributed by atoms with Gasteiger partial charge in [0.05, 0.1) is 0 Å². The molecule has 0 heterocycles. The molecule has 0 amide bonds. The van der Waals surface area contributed by atoms with E-state index in [-0.39, 0.29) is 0 Å². The van der Waals surface area contributed by atoms with E-state index in [0.29, 0.717) is 5.92 Å². The predicted octanol–water partition coefficient (Wildman–Crippen LogP) is 3.72. The number of rotatable bonds is 1. The molecule has 61 valence electrons. The van der Waals surface area contributed by atoms with Crippen LogP contribution in [0.1, 0.15) is 13.8 Å². The molecule has 0 aromatic carbocycles. The molecule has 0 atom stereocenters. The third-order valence-electron chi connectivity index (χ3n) is 1.36. The van der Waals surface area contributed by atoms with E-state index in [1.165, 1.54) is 5.57 Å². The van der Waals surface area contributed by atoms with Crippen LogP contribution in [0.15, 0.2) is 23.8 Å². The summed E-state index contributed by atoms with van der Waals surface area (Å²) in [5.74, 6) is 0.685. The van der Waals surface area contributed by atoms with Crippen LogP contribution in [0, 0.1) is 12.3 Å². The second-order valence-electron chi connectivity index (χ2n) is 2.44. The summed E-state index contributed by atoms with van der Waals surface area (Å²) in [4.78, 5) is 0. The van der Waals surface area contributed by atoms with Crippen molar-refractivity contribution in [3.05, 3.63) is 30.2 Å². The normalized spacial score (nSPS) is 14.1. The molecule has 1 aliphatic rings. The standard InChI is InChI=1S/C8H11.2ClH.Zr/c1-7(2)8-5-3-4-6-8;;;/h3-7H,1-2H3;2*1H;/q;;;+2/p-2. The SMILES string of the molecule is CC(C)C1=C[CH]C=C1.[Cl][Zr][Cl]. The van der Waals surface area contributed by atoms with Gasteiger partial charge in [0.2, 0.25) is 0 Å². The predicted molar refractivity (Wildman–Crippen MR) is 48.1 cm³/mol. The van der Waals surface area contributed by atoms with Gasteiger partial charge in [-0.15, -0.1) is 0 Å². The van der Waals surface area contributed by atoms with Crippen molar-refractivity contribution in [2.45, 2.75) is 13.8 Å². The quantitative estimate of drug-likeness (QED) is 0.680. The van der Waals surface area contributed by atoms with Gasteiger partial charge >= 0.3 is 37.9 Å². The van der Waals surface area contributed by atoms with Crippen molar-refractivity contribution in [1.29, 1.82) is 0 Å². The molecule has 1 aliphatic carbocycles. The van der Waals surface area contributed by atoms with Gasteiger partial charge in [-0.2, -0.15) is 0 Å². The molecule has 0 saturated carbocycles. The zero-order valence-corrected chi connectivity index (χ0v) is 10.6. The Morgan fingerprint density at radius 3 is 2.09 bits per heavy atom. The molecular formula is C8H11Cl2Zr. The van der Waals surface area contributed by atoms with Gasteiger partial charge in [-0.05, 0) is 11.5 Å².